The monoisotopic (exact) mass is 396 g/mol. The van der Waals surface area contributed by atoms with Gasteiger partial charge in [0.25, 0.3) is 0 Å². The lowest BCUT2D eigenvalue weighted by Gasteiger charge is -2.12. The van der Waals surface area contributed by atoms with Gasteiger partial charge in [0.05, 0.1) is 25.5 Å². The lowest BCUT2D eigenvalue weighted by Crippen LogP contribution is -2.19. The van der Waals surface area contributed by atoms with Crippen molar-refractivity contribution in [3.63, 3.8) is 0 Å². The van der Waals surface area contributed by atoms with E-state index in [4.69, 9.17) is 9.47 Å². The van der Waals surface area contributed by atoms with Crippen molar-refractivity contribution in [1.82, 2.24) is 9.55 Å². The topological polar surface area (TPSA) is 36.3 Å². The maximum Gasteiger partial charge on any atom is 0.406 e. The Morgan fingerprint density at radius 2 is 1.85 bits per heavy atom. The van der Waals surface area contributed by atoms with Gasteiger partial charge in [0.2, 0.25) is 0 Å². The number of halogens is 3. The number of ether oxygens (including phenoxy) is 2. The second-order valence-corrected chi connectivity index (χ2v) is 6.92. The van der Waals surface area contributed by atoms with E-state index in [-0.39, 0.29) is 0 Å². The first-order chi connectivity index (χ1) is 12.7. The van der Waals surface area contributed by atoms with Gasteiger partial charge in [-0.2, -0.15) is 13.2 Å². The summed E-state index contributed by atoms with van der Waals surface area (Å²) in [6, 6.07) is 7.24. The molecule has 1 aromatic carbocycles. The molecule has 2 heterocycles. The number of rotatable bonds is 5. The van der Waals surface area contributed by atoms with Crippen LogP contribution in [0, 0.1) is 13.8 Å². The number of hydrogen-bond acceptors (Lipinski definition) is 4. The molecule has 2 aromatic heterocycles. The van der Waals surface area contributed by atoms with Crippen molar-refractivity contribution in [2.24, 2.45) is 0 Å². The minimum atomic E-state index is -4.27. The third kappa shape index (κ3) is 3.80. The highest BCUT2D eigenvalue weighted by Crippen LogP contribution is 2.40. The summed E-state index contributed by atoms with van der Waals surface area (Å²) >= 11 is 1.41. The van der Waals surface area contributed by atoms with E-state index in [2.05, 4.69) is 4.98 Å². The molecule has 0 bridgehead atoms. The van der Waals surface area contributed by atoms with Crippen LogP contribution in [0.5, 0.6) is 11.5 Å². The van der Waals surface area contributed by atoms with Crippen LogP contribution < -0.4 is 9.47 Å². The van der Waals surface area contributed by atoms with Gasteiger partial charge >= 0.3 is 6.18 Å². The van der Waals surface area contributed by atoms with Crippen LogP contribution in [0.3, 0.4) is 0 Å². The number of nitrogens with zero attached hydrogens (tertiary/aromatic N) is 2. The van der Waals surface area contributed by atoms with Gasteiger partial charge in [0, 0.05) is 22.3 Å². The highest BCUT2D eigenvalue weighted by molar-refractivity contribution is 7.13. The fourth-order valence-corrected chi connectivity index (χ4v) is 3.90. The van der Waals surface area contributed by atoms with Crippen LogP contribution in [-0.4, -0.2) is 29.9 Å². The van der Waals surface area contributed by atoms with Gasteiger partial charge in [-0.15, -0.1) is 11.3 Å². The zero-order valence-corrected chi connectivity index (χ0v) is 16.2. The van der Waals surface area contributed by atoms with E-state index < -0.39 is 12.7 Å². The van der Waals surface area contributed by atoms with Crippen molar-refractivity contribution in [2.45, 2.75) is 26.6 Å². The van der Waals surface area contributed by atoms with Crippen molar-refractivity contribution >= 4 is 11.3 Å². The number of para-hydroxylation sites is 1. The van der Waals surface area contributed by atoms with Crippen LogP contribution in [0.25, 0.3) is 21.8 Å². The molecule has 0 atom stereocenters. The van der Waals surface area contributed by atoms with Gasteiger partial charge in [0.15, 0.2) is 11.5 Å². The van der Waals surface area contributed by atoms with Crippen LogP contribution in [0.2, 0.25) is 0 Å². The first kappa shape index (κ1) is 19.3. The molecule has 27 heavy (non-hydrogen) atoms. The van der Waals surface area contributed by atoms with E-state index in [1.54, 1.807) is 40.2 Å². The summed E-state index contributed by atoms with van der Waals surface area (Å²) in [5, 5.41) is 2.55. The molecule has 0 aliphatic carbocycles. The highest BCUT2D eigenvalue weighted by atomic mass is 32.1. The summed E-state index contributed by atoms with van der Waals surface area (Å²) < 4.78 is 50.5. The maximum absolute atomic E-state index is 12.8. The van der Waals surface area contributed by atoms with Crippen molar-refractivity contribution in [3.05, 3.63) is 41.0 Å². The summed E-state index contributed by atoms with van der Waals surface area (Å²) in [7, 11) is 3.12. The number of benzene rings is 1. The largest absolute Gasteiger partial charge is 0.493 e. The maximum atomic E-state index is 12.8. The summed E-state index contributed by atoms with van der Waals surface area (Å²) in [5.41, 5.74) is 3.20. The Bertz CT molecular complexity index is 961. The SMILES string of the molecule is COc1cccc(-c2nc(-c3cc(C)n(CC(F)(F)F)c3C)cs2)c1OC. The molecular formula is C19H19F3N2O2S. The molecule has 0 saturated heterocycles. The quantitative estimate of drug-likeness (QED) is 0.573. The van der Waals surface area contributed by atoms with E-state index in [9.17, 15) is 13.2 Å². The first-order valence-electron chi connectivity index (χ1n) is 8.16. The summed E-state index contributed by atoms with van der Waals surface area (Å²) in [5.74, 6) is 1.17. The summed E-state index contributed by atoms with van der Waals surface area (Å²) in [4.78, 5) is 4.63. The van der Waals surface area contributed by atoms with Gasteiger partial charge < -0.3 is 14.0 Å². The Kier molecular flexibility index (Phi) is 5.19. The number of alkyl halides is 3. The van der Waals surface area contributed by atoms with E-state index >= 15 is 0 Å². The molecule has 4 nitrogen and oxygen atoms in total. The van der Waals surface area contributed by atoms with Crippen molar-refractivity contribution in [3.8, 4) is 33.3 Å². The van der Waals surface area contributed by atoms with Crippen molar-refractivity contribution < 1.29 is 22.6 Å². The van der Waals surface area contributed by atoms with Gasteiger partial charge in [-0.1, -0.05) is 6.07 Å². The summed E-state index contributed by atoms with van der Waals surface area (Å²) in [6.45, 7) is 2.34. The van der Waals surface area contributed by atoms with Crippen LogP contribution in [-0.2, 0) is 6.54 Å². The third-order valence-corrected chi connectivity index (χ3v) is 5.20. The van der Waals surface area contributed by atoms with Gasteiger partial charge in [-0.3, -0.25) is 0 Å². The fourth-order valence-electron chi connectivity index (χ4n) is 3.06. The third-order valence-electron chi connectivity index (χ3n) is 4.32. The molecule has 0 amide bonds. The van der Waals surface area contributed by atoms with Crippen LogP contribution >= 0.6 is 11.3 Å². The lowest BCUT2D eigenvalue weighted by atomic mass is 10.1. The average Bonchev–Trinajstić information content (AvgIpc) is 3.20. The Morgan fingerprint density at radius 1 is 1.11 bits per heavy atom. The molecule has 0 fully saturated rings. The van der Waals surface area contributed by atoms with Crippen molar-refractivity contribution in [2.75, 3.05) is 14.2 Å². The first-order valence-corrected chi connectivity index (χ1v) is 9.04. The molecule has 0 aliphatic heterocycles. The van der Waals surface area contributed by atoms with Crippen LogP contribution in [0.4, 0.5) is 13.2 Å². The minimum absolute atomic E-state index is 0.541. The molecule has 8 heteroatoms. The van der Waals surface area contributed by atoms with E-state index in [0.29, 0.717) is 39.2 Å². The zero-order valence-electron chi connectivity index (χ0n) is 15.3. The van der Waals surface area contributed by atoms with Gasteiger partial charge in [-0.25, -0.2) is 4.98 Å². The minimum Gasteiger partial charge on any atom is -0.493 e. The van der Waals surface area contributed by atoms with E-state index in [1.807, 2.05) is 17.5 Å². The van der Waals surface area contributed by atoms with Crippen LogP contribution in [0.1, 0.15) is 11.4 Å². The van der Waals surface area contributed by atoms with E-state index in [0.717, 1.165) is 5.56 Å². The second kappa shape index (κ2) is 7.26. The zero-order chi connectivity index (χ0) is 19.8. The van der Waals surface area contributed by atoms with Crippen LogP contribution in [0.15, 0.2) is 29.6 Å². The summed E-state index contributed by atoms with van der Waals surface area (Å²) in [6.07, 6.45) is -4.27. The Balaban J connectivity index is 2.02. The standard InChI is InChI=1S/C19H19F3N2O2S/c1-11-8-14(12(2)24(11)10-19(20,21)22)15-9-27-18(23-15)13-6-5-7-16(25-3)17(13)26-4/h5-9H,10H2,1-4H3. The molecule has 0 unspecified atom stereocenters. The molecule has 0 N–H and O–H groups in total. The Hall–Kier alpha value is -2.48. The molecule has 3 rings (SSSR count). The lowest BCUT2D eigenvalue weighted by molar-refractivity contribution is -0.141. The predicted molar refractivity (Wildman–Crippen MR) is 99.6 cm³/mol. The normalized spacial score (nSPS) is 11.7. The Morgan fingerprint density at radius 3 is 2.48 bits per heavy atom. The number of aryl methyl sites for hydroxylation is 1. The smallest absolute Gasteiger partial charge is 0.406 e. The van der Waals surface area contributed by atoms with Gasteiger partial charge in [0.1, 0.15) is 11.6 Å². The number of hydrogen-bond donors (Lipinski definition) is 0. The predicted octanol–water partition coefficient (Wildman–Crippen LogP) is 5.47. The molecule has 0 saturated carbocycles. The average molecular weight is 396 g/mol. The highest BCUT2D eigenvalue weighted by Gasteiger charge is 2.30. The van der Waals surface area contributed by atoms with E-state index in [1.165, 1.54) is 15.9 Å². The number of aromatic nitrogens is 2. The molecule has 144 valence electrons. The fraction of sp³-hybridized carbons (Fsp3) is 0.316. The molecular weight excluding hydrogens is 377 g/mol. The van der Waals surface area contributed by atoms with Gasteiger partial charge in [-0.05, 0) is 32.0 Å². The second-order valence-electron chi connectivity index (χ2n) is 6.07. The number of thiazole rings is 1. The molecule has 0 spiro atoms. The number of methoxy groups -OCH3 is 2. The molecule has 3 aromatic rings. The van der Waals surface area contributed by atoms with Crippen molar-refractivity contribution in [1.29, 1.82) is 0 Å². The Labute approximate surface area is 159 Å². The molecule has 0 aliphatic rings. The molecule has 0 radical (unpaired) electrons.